The molecule has 104 valence electrons. The third-order valence-electron chi connectivity index (χ3n) is 2.67. The normalized spacial score (nSPS) is 11.9. The Morgan fingerprint density at radius 2 is 1.80 bits per heavy atom. The molecule has 0 radical (unpaired) electrons. The van der Waals surface area contributed by atoms with Gasteiger partial charge in [-0.25, -0.2) is 4.98 Å². The first-order valence-electron chi connectivity index (χ1n) is 5.90. The Hall–Kier alpha value is -1.62. The number of pyridine rings is 1. The van der Waals surface area contributed by atoms with Crippen molar-refractivity contribution >= 4 is 29.1 Å². The predicted octanol–water partition coefficient (Wildman–Crippen LogP) is 2.85. The second-order valence-electron chi connectivity index (χ2n) is 4.14. The number of benzene rings is 1. The van der Waals surface area contributed by atoms with Crippen LogP contribution >= 0.6 is 23.2 Å². The summed E-state index contributed by atoms with van der Waals surface area (Å²) in [6.45, 7) is 0.0976. The third kappa shape index (κ3) is 3.93. The lowest BCUT2D eigenvalue weighted by Crippen LogP contribution is -2.28. The van der Waals surface area contributed by atoms with E-state index in [1.807, 2.05) is 18.2 Å². The minimum atomic E-state index is -0.770. The van der Waals surface area contributed by atoms with Crippen LogP contribution in [0.3, 0.4) is 0 Å². The van der Waals surface area contributed by atoms with Gasteiger partial charge in [0.1, 0.15) is 10.3 Å². The van der Waals surface area contributed by atoms with E-state index in [1.54, 1.807) is 12.1 Å². The summed E-state index contributed by atoms with van der Waals surface area (Å²) in [7, 11) is 0. The molecule has 0 aliphatic carbocycles. The molecule has 1 unspecified atom stereocenters. The lowest BCUT2D eigenvalue weighted by Gasteiger charge is -2.12. The molecule has 0 aliphatic heterocycles. The second-order valence-corrected chi connectivity index (χ2v) is 4.91. The second kappa shape index (κ2) is 6.70. The number of aliphatic hydroxyl groups excluding tert-OH is 1. The Kier molecular flexibility index (Phi) is 4.95. The Bertz CT molecular complexity index is 585. The van der Waals surface area contributed by atoms with Crippen molar-refractivity contribution in [2.24, 2.45) is 0 Å². The van der Waals surface area contributed by atoms with Crippen LogP contribution in [-0.2, 0) is 0 Å². The first-order chi connectivity index (χ1) is 9.56. The van der Waals surface area contributed by atoms with Gasteiger partial charge >= 0.3 is 0 Å². The number of nitrogens with one attached hydrogen (secondary N) is 1. The Balaban J connectivity index is 1.98. The van der Waals surface area contributed by atoms with Crippen LogP contribution in [0.25, 0.3) is 0 Å². The van der Waals surface area contributed by atoms with Gasteiger partial charge in [-0.2, -0.15) is 0 Å². The number of halogens is 2. The maximum Gasteiger partial charge on any atom is 0.251 e. The van der Waals surface area contributed by atoms with Crippen LogP contribution in [0.15, 0.2) is 42.5 Å². The van der Waals surface area contributed by atoms with Crippen molar-refractivity contribution in [1.29, 1.82) is 0 Å². The van der Waals surface area contributed by atoms with Gasteiger partial charge in [0.25, 0.3) is 5.91 Å². The fourth-order valence-electron chi connectivity index (χ4n) is 1.68. The van der Waals surface area contributed by atoms with Crippen molar-refractivity contribution in [3.63, 3.8) is 0 Å². The fourth-order valence-corrected chi connectivity index (χ4v) is 2.14. The number of carbonyl (C=O) groups excluding carboxylic acids is 1. The van der Waals surface area contributed by atoms with E-state index < -0.39 is 6.10 Å². The van der Waals surface area contributed by atoms with Crippen LogP contribution < -0.4 is 5.32 Å². The summed E-state index contributed by atoms with van der Waals surface area (Å²) in [4.78, 5) is 15.7. The first-order valence-corrected chi connectivity index (χ1v) is 6.66. The van der Waals surface area contributed by atoms with E-state index in [0.717, 1.165) is 5.56 Å². The highest BCUT2D eigenvalue weighted by Gasteiger charge is 2.12. The molecule has 0 aliphatic rings. The van der Waals surface area contributed by atoms with Crippen molar-refractivity contribution < 1.29 is 9.90 Å². The quantitative estimate of drug-likeness (QED) is 0.854. The summed E-state index contributed by atoms with van der Waals surface area (Å²) in [6, 6.07) is 11.9. The summed E-state index contributed by atoms with van der Waals surface area (Å²) in [5.74, 6) is -0.369. The monoisotopic (exact) mass is 310 g/mol. The molecule has 2 N–H and O–H groups in total. The highest BCUT2D eigenvalue weighted by atomic mass is 35.5. The molecule has 1 heterocycles. The first kappa shape index (κ1) is 14.8. The molecule has 0 fully saturated rings. The van der Waals surface area contributed by atoms with E-state index in [1.165, 1.54) is 12.1 Å². The van der Waals surface area contributed by atoms with Crippen LogP contribution in [0.5, 0.6) is 0 Å². The number of carbonyl (C=O) groups is 1. The molecule has 1 aromatic carbocycles. The maximum atomic E-state index is 11.9. The van der Waals surface area contributed by atoms with Crippen molar-refractivity contribution in [3.8, 4) is 0 Å². The molecule has 0 bridgehead atoms. The summed E-state index contributed by atoms with van der Waals surface area (Å²) in [5.41, 5.74) is 1.04. The molecule has 2 aromatic rings. The smallest absolute Gasteiger partial charge is 0.251 e. The van der Waals surface area contributed by atoms with Gasteiger partial charge in [-0.3, -0.25) is 4.79 Å². The van der Waals surface area contributed by atoms with Gasteiger partial charge in [0.15, 0.2) is 0 Å². The molecule has 1 atom stereocenters. The lowest BCUT2D eigenvalue weighted by atomic mass is 10.1. The molecule has 0 spiro atoms. The largest absolute Gasteiger partial charge is 0.387 e. The van der Waals surface area contributed by atoms with Crippen LogP contribution in [0.1, 0.15) is 22.0 Å². The van der Waals surface area contributed by atoms with E-state index in [4.69, 9.17) is 23.2 Å². The molecule has 2 rings (SSSR count). The minimum absolute atomic E-state index is 0.0976. The molecule has 6 heteroatoms. The number of amides is 1. The van der Waals surface area contributed by atoms with E-state index in [0.29, 0.717) is 5.56 Å². The van der Waals surface area contributed by atoms with Crippen molar-refractivity contribution in [3.05, 3.63) is 63.9 Å². The van der Waals surface area contributed by atoms with Gasteiger partial charge in [-0.05, 0) is 17.7 Å². The molecule has 4 nitrogen and oxygen atoms in total. The van der Waals surface area contributed by atoms with Gasteiger partial charge in [0.05, 0.1) is 6.10 Å². The lowest BCUT2D eigenvalue weighted by molar-refractivity contribution is 0.0916. The average molecular weight is 311 g/mol. The average Bonchev–Trinajstić information content (AvgIpc) is 2.44. The van der Waals surface area contributed by atoms with E-state index in [2.05, 4.69) is 10.3 Å². The zero-order valence-electron chi connectivity index (χ0n) is 10.4. The highest BCUT2D eigenvalue weighted by molar-refractivity contribution is 6.33. The van der Waals surface area contributed by atoms with Crippen LogP contribution in [0.4, 0.5) is 0 Å². The number of nitrogens with zero attached hydrogens (tertiary/aromatic N) is 1. The number of aliphatic hydroxyl groups is 1. The third-order valence-corrected chi connectivity index (χ3v) is 3.05. The number of rotatable bonds is 4. The number of aromatic nitrogens is 1. The van der Waals surface area contributed by atoms with Gasteiger partial charge in [-0.1, -0.05) is 53.5 Å². The van der Waals surface area contributed by atoms with Crippen molar-refractivity contribution in [2.75, 3.05) is 6.54 Å². The van der Waals surface area contributed by atoms with E-state index in [-0.39, 0.29) is 22.8 Å². The Morgan fingerprint density at radius 1 is 1.20 bits per heavy atom. The molecular weight excluding hydrogens is 299 g/mol. The zero-order chi connectivity index (χ0) is 14.5. The number of hydrogen-bond acceptors (Lipinski definition) is 3. The molecular formula is C14H12Cl2N2O2. The summed E-state index contributed by atoms with van der Waals surface area (Å²) >= 11 is 11.5. The van der Waals surface area contributed by atoms with Gasteiger partial charge in [-0.15, -0.1) is 0 Å². The Morgan fingerprint density at radius 3 is 2.40 bits per heavy atom. The van der Waals surface area contributed by atoms with Crippen molar-refractivity contribution in [1.82, 2.24) is 10.3 Å². The molecule has 0 saturated carbocycles. The molecule has 0 saturated heterocycles. The van der Waals surface area contributed by atoms with E-state index >= 15 is 0 Å². The highest BCUT2D eigenvalue weighted by Crippen LogP contribution is 2.15. The summed E-state index contributed by atoms with van der Waals surface area (Å²) in [6.07, 6.45) is -0.770. The summed E-state index contributed by atoms with van der Waals surface area (Å²) in [5, 5.41) is 12.9. The maximum absolute atomic E-state index is 11.9. The molecule has 20 heavy (non-hydrogen) atoms. The van der Waals surface area contributed by atoms with Gasteiger partial charge in [0, 0.05) is 12.1 Å². The molecule has 1 aromatic heterocycles. The van der Waals surface area contributed by atoms with Crippen LogP contribution in [0, 0.1) is 0 Å². The van der Waals surface area contributed by atoms with Crippen LogP contribution in [0.2, 0.25) is 10.3 Å². The number of hydrogen-bond donors (Lipinski definition) is 2. The fraction of sp³-hybridized carbons (Fsp3) is 0.143. The zero-order valence-corrected chi connectivity index (χ0v) is 11.9. The topological polar surface area (TPSA) is 62.2 Å². The summed E-state index contributed by atoms with van der Waals surface area (Å²) < 4.78 is 0. The standard InChI is InChI=1S/C14H12Cl2N2O2/c15-12-6-10(7-13(16)18-12)14(20)17-8-11(19)9-4-2-1-3-5-9/h1-7,11,19H,8H2,(H,17,20). The molecule has 1 amide bonds. The minimum Gasteiger partial charge on any atom is -0.387 e. The SMILES string of the molecule is O=C(NCC(O)c1ccccc1)c1cc(Cl)nc(Cl)c1. The van der Waals surface area contributed by atoms with Gasteiger partial charge in [0.2, 0.25) is 0 Å². The van der Waals surface area contributed by atoms with Crippen LogP contribution in [-0.4, -0.2) is 22.5 Å². The predicted molar refractivity (Wildman–Crippen MR) is 78.0 cm³/mol. The van der Waals surface area contributed by atoms with Crippen molar-refractivity contribution in [2.45, 2.75) is 6.10 Å². The van der Waals surface area contributed by atoms with Gasteiger partial charge < -0.3 is 10.4 Å². The van der Waals surface area contributed by atoms with E-state index in [9.17, 15) is 9.90 Å². The Labute approximate surface area is 126 Å².